The minimum atomic E-state index is 0.0313. The highest BCUT2D eigenvalue weighted by molar-refractivity contribution is 5.61. The monoisotopic (exact) mass is 268 g/mol. The van der Waals surface area contributed by atoms with E-state index >= 15 is 0 Å². The normalized spacial score (nSPS) is 10.1. The van der Waals surface area contributed by atoms with Crippen LogP contribution in [0.15, 0.2) is 41.2 Å². The molecule has 0 saturated carbocycles. The second-order valence-corrected chi connectivity index (χ2v) is 4.42. The Balaban J connectivity index is 2.40. The lowest BCUT2D eigenvalue weighted by Crippen LogP contribution is -2.22. The number of hydrogen-bond acceptors (Lipinski definition) is 3. The number of pyridine rings is 1. The molecule has 4 heteroatoms. The van der Waals surface area contributed by atoms with Crippen molar-refractivity contribution in [1.29, 1.82) is 5.26 Å². The first-order valence-corrected chi connectivity index (χ1v) is 6.48. The zero-order chi connectivity index (χ0) is 14.5. The Labute approximate surface area is 117 Å². The number of nitriles is 1. The fourth-order valence-electron chi connectivity index (χ4n) is 2.09. The van der Waals surface area contributed by atoms with E-state index in [4.69, 9.17) is 10.00 Å². The van der Waals surface area contributed by atoms with Crippen LogP contribution in [0.4, 0.5) is 0 Å². The molecule has 0 radical (unpaired) electrons. The standard InChI is InChI=1S/C16H16N2O2/c1-3-18-15(9-4-12(2)16(18)19)13-5-7-14(8-6-13)20-11-10-17/h4-9H,3,11H2,1-2H3. The van der Waals surface area contributed by atoms with E-state index in [0.29, 0.717) is 12.3 Å². The third kappa shape index (κ3) is 2.72. The van der Waals surface area contributed by atoms with Gasteiger partial charge in [-0.3, -0.25) is 4.79 Å². The Morgan fingerprint density at radius 1 is 1.20 bits per heavy atom. The Hall–Kier alpha value is -2.54. The van der Waals surface area contributed by atoms with E-state index in [1.807, 2.05) is 44.2 Å². The number of benzene rings is 1. The van der Waals surface area contributed by atoms with Gasteiger partial charge in [0.1, 0.15) is 11.8 Å². The highest BCUT2D eigenvalue weighted by Crippen LogP contribution is 2.21. The van der Waals surface area contributed by atoms with Gasteiger partial charge in [-0.15, -0.1) is 0 Å². The SMILES string of the molecule is CCn1c(-c2ccc(OCC#N)cc2)ccc(C)c1=O. The van der Waals surface area contributed by atoms with Gasteiger partial charge in [0.25, 0.3) is 5.56 Å². The average molecular weight is 268 g/mol. The fourth-order valence-corrected chi connectivity index (χ4v) is 2.09. The van der Waals surface area contributed by atoms with Gasteiger partial charge in [-0.05, 0) is 49.7 Å². The second kappa shape index (κ2) is 6.07. The first kappa shape index (κ1) is 13.9. The van der Waals surface area contributed by atoms with E-state index in [1.54, 1.807) is 16.7 Å². The fraction of sp³-hybridized carbons (Fsp3) is 0.250. The molecule has 0 spiro atoms. The van der Waals surface area contributed by atoms with Crippen molar-refractivity contribution in [2.45, 2.75) is 20.4 Å². The van der Waals surface area contributed by atoms with Gasteiger partial charge in [-0.2, -0.15) is 5.26 Å². The molecule has 0 N–H and O–H groups in total. The van der Waals surface area contributed by atoms with Crippen LogP contribution in [-0.2, 0) is 6.54 Å². The van der Waals surface area contributed by atoms with Crippen LogP contribution in [0.1, 0.15) is 12.5 Å². The summed E-state index contributed by atoms with van der Waals surface area (Å²) in [5.41, 5.74) is 2.61. The molecule has 2 aromatic rings. The van der Waals surface area contributed by atoms with Crippen molar-refractivity contribution >= 4 is 0 Å². The molecule has 1 aromatic carbocycles. The summed E-state index contributed by atoms with van der Waals surface area (Å²) in [5, 5.41) is 8.47. The van der Waals surface area contributed by atoms with Crippen molar-refractivity contribution < 1.29 is 4.74 Å². The van der Waals surface area contributed by atoms with E-state index in [1.165, 1.54) is 0 Å². The van der Waals surface area contributed by atoms with Crippen LogP contribution >= 0.6 is 0 Å². The summed E-state index contributed by atoms with van der Waals surface area (Å²) in [4.78, 5) is 12.1. The van der Waals surface area contributed by atoms with E-state index in [-0.39, 0.29) is 12.2 Å². The van der Waals surface area contributed by atoms with Crippen molar-refractivity contribution in [3.63, 3.8) is 0 Å². The largest absolute Gasteiger partial charge is 0.479 e. The quantitative estimate of drug-likeness (QED) is 0.856. The number of ether oxygens (including phenoxy) is 1. The summed E-state index contributed by atoms with van der Waals surface area (Å²) >= 11 is 0. The lowest BCUT2D eigenvalue weighted by molar-refractivity contribution is 0.368. The van der Waals surface area contributed by atoms with Crippen LogP contribution in [0.2, 0.25) is 0 Å². The van der Waals surface area contributed by atoms with E-state index < -0.39 is 0 Å². The van der Waals surface area contributed by atoms with Gasteiger partial charge in [0.15, 0.2) is 6.61 Å². The highest BCUT2D eigenvalue weighted by Gasteiger charge is 2.07. The van der Waals surface area contributed by atoms with Crippen molar-refractivity contribution in [3.8, 4) is 23.1 Å². The van der Waals surface area contributed by atoms with E-state index in [2.05, 4.69) is 0 Å². The molecule has 0 unspecified atom stereocenters. The van der Waals surface area contributed by atoms with E-state index in [0.717, 1.165) is 16.8 Å². The second-order valence-electron chi connectivity index (χ2n) is 4.42. The zero-order valence-electron chi connectivity index (χ0n) is 11.6. The third-order valence-electron chi connectivity index (χ3n) is 3.13. The Bertz CT molecular complexity index is 694. The molecular weight excluding hydrogens is 252 g/mol. The van der Waals surface area contributed by atoms with Crippen LogP contribution in [0.25, 0.3) is 11.3 Å². The van der Waals surface area contributed by atoms with Gasteiger partial charge < -0.3 is 9.30 Å². The van der Waals surface area contributed by atoms with Crippen LogP contribution in [0.3, 0.4) is 0 Å². The van der Waals surface area contributed by atoms with Gasteiger partial charge in [0.2, 0.25) is 0 Å². The summed E-state index contributed by atoms with van der Waals surface area (Å²) in [5.74, 6) is 0.646. The molecule has 0 fully saturated rings. The van der Waals surface area contributed by atoms with Crippen LogP contribution in [0, 0.1) is 18.3 Å². The molecule has 0 aliphatic carbocycles. The topological polar surface area (TPSA) is 55.0 Å². The average Bonchev–Trinajstić information content (AvgIpc) is 2.48. The number of hydrogen-bond donors (Lipinski definition) is 0. The summed E-state index contributed by atoms with van der Waals surface area (Å²) in [6.07, 6.45) is 0. The lowest BCUT2D eigenvalue weighted by Gasteiger charge is -2.12. The number of aryl methyl sites for hydroxylation is 1. The molecule has 0 bridgehead atoms. The highest BCUT2D eigenvalue weighted by atomic mass is 16.5. The minimum Gasteiger partial charge on any atom is -0.479 e. The summed E-state index contributed by atoms with van der Waals surface area (Å²) in [6.45, 7) is 4.43. The molecule has 2 rings (SSSR count). The first-order chi connectivity index (χ1) is 9.67. The third-order valence-corrected chi connectivity index (χ3v) is 3.13. The maximum Gasteiger partial charge on any atom is 0.253 e. The number of rotatable bonds is 4. The molecule has 0 atom stereocenters. The molecule has 0 aliphatic rings. The van der Waals surface area contributed by atoms with Crippen molar-refractivity contribution in [1.82, 2.24) is 4.57 Å². The smallest absolute Gasteiger partial charge is 0.253 e. The molecule has 0 saturated heterocycles. The van der Waals surface area contributed by atoms with Gasteiger partial charge in [0, 0.05) is 12.1 Å². The Kier molecular flexibility index (Phi) is 4.21. The molecule has 4 nitrogen and oxygen atoms in total. The predicted octanol–water partition coefficient (Wildman–Crippen LogP) is 2.75. The van der Waals surface area contributed by atoms with Crippen LogP contribution in [0.5, 0.6) is 5.75 Å². The summed E-state index contributed by atoms with van der Waals surface area (Å²) < 4.78 is 6.97. The molecule has 1 heterocycles. The number of aromatic nitrogens is 1. The molecule has 0 amide bonds. The predicted molar refractivity (Wildman–Crippen MR) is 77.7 cm³/mol. The van der Waals surface area contributed by atoms with Crippen molar-refractivity contribution in [2.75, 3.05) is 6.61 Å². The van der Waals surface area contributed by atoms with Crippen LogP contribution < -0.4 is 10.3 Å². The minimum absolute atomic E-state index is 0.0313. The Morgan fingerprint density at radius 2 is 1.90 bits per heavy atom. The zero-order valence-corrected chi connectivity index (χ0v) is 11.6. The van der Waals surface area contributed by atoms with Gasteiger partial charge in [-0.25, -0.2) is 0 Å². The first-order valence-electron chi connectivity index (χ1n) is 6.48. The lowest BCUT2D eigenvalue weighted by atomic mass is 10.1. The molecule has 1 aromatic heterocycles. The summed E-state index contributed by atoms with van der Waals surface area (Å²) in [7, 11) is 0. The van der Waals surface area contributed by atoms with Crippen molar-refractivity contribution in [3.05, 3.63) is 52.3 Å². The maximum absolute atomic E-state index is 12.1. The molecular formula is C16H16N2O2. The van der Waals surface area contributed by atoms with E-state index in [9.17, 15) is 4.79 Å². The van der Waals surface area contributed by atoms with Crippen LogP contribution in [-0.4, -0.2) is 11.2 Å². The Morgan fingerprint density at radius 3 is 2.50 bits per heavy atom. The molecule has 102 valence electrons. The summed E-state index contributed by atoms with van der Waals surface area (Å²) in [6, 6.07) is 13.1. The van der Waals surface area contributed by atoms with Gasteiger partial charge in [0.05, 0.1) is 5.69 Å². The molecule has 0 aliphatic heterocycles. The maximum atomic E-state index is 12.1. The van der Waals surface area contributed by atoms with Crippen molar-refractivity contribution in [2.24, 2.45) is 0 Å². The molecule has 20 heavy (non-hydrogen) atoms. The van der Waals surface area contributed by atoms with Gasteiger partial charge >= 0.3 is 0 Å². The number of nitrogens with zero attached hydrogens (tertiary/aromatic N) is 2. The van der Waals surface area contributed by atoms with Gasteiger partial charge in [-0.1, -0.05) is 6.07 Å².